The summed E-state index contributed by atoms with van der Waals surface area (Å²) in [5.74, 6) is 0.312. The third-order valence-electron chi connectivity index (χ3n) is 3.33. The number of aromatic nitrogens is 1. The molecule has 0 amide bonds. The van der Waals surface area contributed by atoms with Gasteiger partial charge in [-0.3, -0.25) is 0 Å². The number of rotatable bonds is 5. The van der Waals surface area contributed by atoms with Gasteiger partial charge in [0.05, 0.1) is 0 Å². The van der Waals surface area contributed by atoms with Crippen molar-refractivity contribution in [3.63, 3.8) is 0 Å². The molecule has 0 radical (unpaired) electrons. The molecule has 0 bridgehead atoms. The highest BCUT2D eigenvalue weighted by Crippen LogP contribution is 2.24. The van der Waals surface area contributed by atoms with Gasteiger partial charge in [0.15, 0.2) is 0 Å². The number of benzene rings is 1. The number of anilines is 1. The summed E-state index contributed by atoms with van der Waals surface area (Å²) in [7, 11) is 0. The molecule has 0 aliphatic rings. The first-order valence-corrected chi connectivity index (χ1v) is 6.80. The fraction of sp³-hybridized carbons (Fsp3) is 0.312. The van der Waals surface area contributed by atoms with Crippen molar-refractivity contribution in [1.82, 2.24) is 10.3 Å². The topological polar surface area (TPSA) is 50.9 Å². The summed E-state index contributed by atoms with van der Waals surface area (Å²) >= 11 is 0. The first-order chi connectivity index (χ1) is 9.61. The number of aryl methyl sites for hydroxylation is 1. The summed E-state index contributed by atoms with van der Waals surface area (Å²) in [6, 6.07) is 8.85. The summed E-state index contributed by atoms with van der Waals surface area (Å²) < 4.78 is 14.1. The molecule has 3 nitrogen and oxygen atoms in total. The average molecular weight is 273 g/mol. The molecule has 1 atom stereocenters. The molecule has 3 N–H and O–H groups in total. The van der Waals surface area contributed by atoms with Crippen molar-refractivity contribution >= 4 is 5.82 Å². The molecule has 0 aliphatic carbocycles. The lowest BCUT2D eigenvalue weighted by Gasteiger charge is -2.20. The van der Waals surface area contributed by atoms with Crippen molar-refractivity contribution in [1.29, 1.82) is 0 Å². The summed E-state index contributed by atoms with van der Waals surface area (Å²) in [5.41, 5.74) is 8.53. The quantitative estimate of drug-likeness (QED) is 0.880. The highest BCUT2D eigenvalue weighted by molar-refractivity contribution is 5.40. The maximum atomic E-state index is 14.1. The third kappa shape index (κ3) is 3.33. The Morgan fingerprint density at radius 2 is 2.15 bits per heavy atom. The number of nitrogens with two attached hydrogens (primary N) is 1. The molecule has 4 heteroatoms. The summed E-state index contributed by atoms with van der Waals surface area (Å²) in [4.78, 5) is 4.08. The van der Waals surface area contributed by atoms with Crippen molar-refractivity contribution in [2.24, 2.45) is 0 Å². The lowest BCUT2D eigenvalue weighted by atomic mass is 9.97. The Labute approximate surface area is 119 Å². The van der Waals surface area contributed by atoms with Gasteiger partial charge in [0.1, 0.15) is 11.6 Å². The second-order valence-electron chi connectivity index (χ2n) is 4.89. The zero-order valence-electron chi connectivity index (χ0n) is 11.9. The van der Waals surface area contributed by atoms with Gasteiger partial charge in [-0.2, -0.15) is 0 Å². The average Bonchev–Trinajstić information content (AvgIpc) is 2.43. The number of halogens is 1. The Balaban J connectivity index is 2.32. The molecule has 106 valence electrons. The molecule has 0 aliphatic heterocycles. The van der Waals surface area contributed by atoms with Crippen molar-refractivity contribution < 1.29 is 4.39 Å². The van der Waals surface area contributed by atoms with E-state index >= 15 is 0 Å². The number of hydrogen-bond donors (Lipinski definition) is 2. The van der Waals surface area contributed by atoms with Crippen LogP contribution in [0.15, 0.2) is 36.5 Å². The molecule has 2 rings (SSSR count). The smallest absolute Gasteiger partial charge is 0.128 e. The second-order valence-corrected chi connectivity index (χ2v) is 4.89. The van der Waals surface area contributed by atoms with Crippen LogP contribution in [-0.2, 0) is 6.42 Å². The maximum absolute atomic E-state index is 14.1. The minimum atomic E-state index is -0.191. The van der Waals surface area contributed by atoms with Crippen molar-refractivity contribution in [2.75, 3.05) is 12.3 Å². The number of nitrogens with zero attached hydrogens (tertiary/aromatic N) is 1. The Kier molecular flexibility index (Phi) is 4.69. The second kappa shape index (κ2) is 6.48. The zero-order valence-corrected chi connectivity index (χ0v) is 11.9. The van der Waals surface area contributed by atoms with Gasteiger partial charge in [-0.05, 0) is 37.6 Å². The molecule has 0 fully saturated rings. The van der Waals surface area contributed by atoms with E-state index in [-0.39, 0.29) is 11.9 Å². The van der Waals surface area contributed by atoms with Gasteiger partial charge in [-0.15, -0.1) is 0 Å². The van der Waals surface area contributed by atoms with E-state index in [2.05, 4.69) is 10.3 Å². The first-order valence-electron chi connectivity index (χ1n) is 6.80. The number of nitrogen functional groups attached to an aromatic ring is 1. The summed E-state index contributed by atoms with van der Waals surface area (Å²) in [6.45, 7) is 4.73. The number of likely N-dealkylation sites (N-methyl/N-ethyl adjacent to an activating group) is 1. The monoisotopic (exact) mass is 273 g/mol. The SMILES string of the molecule is CCNC(Cc1cccnc1N)c1cc(C)ccc1F. The number of hydrogen-bond acceptors (Lipinski definition) is 3. The Bertz CT molecular complexity index is 584. The maximum Gasteiger partial charge on any atom is 0.128 e. The molecule has 20 heavy (non-hydrogen) atoms. The van der Waals surface area contributed by atoms with Crippen LogP contribution < -0.4 is 11.1 Å². The Hall–Kier alpha value is -1.94. The minimum absolute atomic E-state index is 0.105. The number of nitrogens with one attached hydrogen (secondary N) is 1. The van der Waals surface area contributed by atoms with Crippen LogP contribution in [0.2, 0.25) is 0 Å². The molecule has 1 aromatic carbocycles. The lowest BCUT2D eigenvalue weighted by molar-refractivity contribution is 0.509. The van der Waals surface area contributed by atoms with Crippen LogP contribution in [0.4, 0.5) is 10.2 Å². The molecular weight excluding hydrogens is 253 g/mol. The van der Waals surface area contributed by atoms with Gasteiger partial charge in [0.2, 0.25) is 0 Å². The van der Waals surface area contributed by atoms with Gasteiger partial charge in [0, 0.05) is 17.8 Å². The van der Waals surface area contributed by atoms with Crippen molar-refractivity contribution in [3.8, 4) is 0 Å². The van der Waals surface area contributed by atoms with E-state index in [1.165, 1.54) is 6.07 Å². The minimum Gasteiger partial charge on any atom is -0.383 e. The standard InChI is InChI=1S/C16H20FN3/c1-3-19-15(10-12-5-4-8-20-16(12)18)13-9-11(2)6-7-14(13)17/h4-9,15,19H,3,10H2,1-2H3,(H2,18,20). The zero-order chi connectivity index (χ0) is 14.5. The van der Waals surface area contributed by atoms with Gasteiger partial charge < -0.3 is 11.1 Å². The van der Waals surface area contributed by atoms with E-state index in [1.54, 1.807) is 12.3 Å². The molecule has 1 unspecified atom stereocenters. The lowest BCUT2D eigenvalue weighted by Crippen LogP contribution is -2.24. The number of pyridine rings is 1. The molecule has 0 saturated heterocycles. The summed E-state index contributed by atoms with van der Waals surface area (Å²) in [6.07, 6.45) is 2.28. The van der Waals surface area contributed by atoms with E-state index in [4.69, 9.17) is 5.73 Å². The van der Waals surface area contributed by atoms with Gasteiger partial charge in [-0.25, -0.2) is 9.37 Å². The van der Waals surface area contributed by atoms with Gasteiger partial charge >= 0.3 is 0 Å². The van der Waals surface area contributed by atoms with Gasteiger partial charge in [0.25, 0.3) is 0 Å². The highest BCUT2D eigenvalue weighted by Gasteiger charge is 2.17. The van der Waals surface area contributed by atoms with E-state index in [9.17, 15) is 4.39 Å². The fourth-order valence-corrected chi connectivity index (χ4v) is 2.31. The fourth-order valence-electron chi connectivity index (χ4n) is 2.31. The van der Waals surface area contributed by atoms with E-state index < -0.39 is 0 Å². The van der Waals surface area contributed by atoms with Crippen LogP contribution in [0.1, 0.15) is 29.7 Å². The van der Waals surface area contributed by atoms with E-state index in [1.807, 2.05) is 32.0 Å². The van der Waals surface area contributed by atoms with Crippen LogP contribution in [0.5, 0.6) is 0 Å². The van der Waals surface area contributed by atoms with E-state index in [0.29, 0.717) is 17.8 Å². The molecule has 0 saturated carbocycles. The Morgan fingerprint density at radius 1 is 1.35 bits per heavy atom. The Morgan fingerprint density at radius 3 is 2.85 bits per heavy atom. The van der Waals surface area contributed by atoms with Crippen molar-refractivity contribution in [3.05, 3.63) is 59.0 Å². The normalized spacial score (nSPS) is 12.3. The van der Waals surface area contributed by atoms with Gasteiger partial charge in [-0.1, -0.05) is 30.7 Å². The van der Waals surface area contributed by atoms with Crippen LogP contribution in [0.3, 0.4) is 0 Å². The third-order valence-corrected chi connectivity index (χ3v) is 3.33. The first kappa shape index (κ1) is 14.5. The predicted molar refractivity (Wildman–Crippen MR) is 79.9 cm³/mol. The van der Waals surface area contributed by atoms with Crippen LogP contribution in [0.25, 0.3) is 0 Å². The largest absolute Gasteiger partial charge is 0.383 e. The summed E-state index contributed by atoms with van der Waals surface area (Å²) in [5, 5.41) is 3.32. The molecule has 2 aromatic rings. The predicted octanol–water partition coefficient (Wildman–Crippen LogP) is 3.00. The van der Waals surface area contributed by atoms with Crippen LogP contribution >= 0.6 is 0 Å². The highest BCUT2D eigenvalue weighted by atomic mass is 19.1. The molecule has 1 heterocycles. The van der Waals surface area contributed by atoms with Crippen molar-refractivity contribution in [2.45, 2.75) is 26.3 Å². The van der Waals surface area contributed by atoms with E-state index in [0.717, 1.165) is 17.7 Å². The molecule has 1 aromatic heterocycles. The molecule has 0 spiro atoms. The molecular formula is C16H20FN3. The van der Waals surface area contributed by atoms with Crippen LogP contribution in [-0.4, -0.2) is 11.5 Å². The van der Waals surface area contributed by atoms with Crippen LogP contribution in [0, 0.1) is 12.7 Å².